The average Bonchev–Trinajstić information content (AvgIpc) is 2.80. The molecular weight excluding hydrogens is 286 g/mol. The number of rotatable bonds is 7. The van der Waals surface area contributed by atoms with Gasteiger partial charge in [-0.05, 0) is 42.8 Å². The average molecular weight is 307 g/mol. The van der Waals surface area contributed by atoms with Crippen LogP contribution in [0.15, 0.2) is 33.3 Å². The van der Waals surface area contributed by atoms with Crippen LogP contribution in [0.25, 0.3) is 0 Å². The van der Waals surface area contributed by atoms with E-state index < -0.39 is 0 Å². The Morgan fingerprint density at radius 3 is 3.00 bits per heavy atom. The van der Waals surface area contributed by atoms with E-state index in [2.05, 4.69) is 34.3 Å². The zero-order chi connectivity index (χ0) is 15.2. The molecule has 0 atom stereocenters. The molecule has 2 aromatic heterocycles. The molecule has 0 bridgehead atoms. The summed E-state index contributed by atoms with van der Waals surface area (Å²) in [6.07, 6.45) is 1.76. The number of nitrogens with one attached hydrogen (secondary N) is 2. The quantitative estimate of drug-likeness (QED) is 0.817. The molecule has 0 amide bonds. The van der Waals surface area contributed by atoms with E-state index in [1.54, 1.807) is 10.8 Å². The maximum absolute atomic E-state index is 11.6. The van der Waals surface area contributed by atoms with Crippen molar-refractivity contribution in [3.63, 3.8) is 0 Å². The first-order valence-corrected chi connectivity index (χ1v) is 7.91. The maximum atomic E-state index is 11.6. The van der Waals surface area contributed by atoms with Gasteiger partial charge in [0.05, 0.1) is 0 Å². The zero-order valence-corrected chi connectivity index (χ0v) is 13.4. The van der Waals surface area contributed by atoms with Crippen LogP contribution in [0.3, 0.4) is 0 Å². The standard InChI is InChI=1S/C14H21N5OS/c1-4-19-13(20)17-18-14(19)21-12-11(6-5-7-16-12)9-15-8-10(2)3/h5-7,10,15H,4,8-9H2,1-3H3,(H,17,20). The highest BCUT2D eigenvalue weighted by Gasteiger charge is 2.12. The summed E-state index contributed by atoms with van der Waals surface area (Å²) >= 11 is 1.41. The predicted molar refractivity (Wildman–Crippen MR) is 83.4 cm³/mol. The summed E-state index contributed by atoms with van der Waals surface area (Å²) in [4.78, 5) is 16.0. The van der Waals surface area contributed by atoms with Gasteiger partial charge in [-0.3, -0.25) is 4.57 Å². The minimum absolute atomic E-state index is 0.185. The van der Waals surface area contributed by atoms with Crippen molar-refractivity contribution in [3.05, 3.63) is 34.4 Å². The molecule has 2 N–H and O–H groups in total. The first kappa shape index (κ1) is 15.8. The Bertz CT molecular complexity index is 634. The van der Waals surface area contributed by atoms with Gasteiger partial charge in [0.15, 0.2) is 5.16 Å². The largest absolute Gasteiger partial charge is 0.343 e. The van der Waals surface area contributed by atoms with E-state index in [0.717, 1.165) is 23.7 Å². The molecule has 2 heterocycles. The van der Waals surface area contributed by atoms with E-state index in [1.807, 2.05) is 19.1 Å². The van der Waals surface area contributed by atoms with Gasteiger partial charge < -0.3 is 5.32 Å². The first-order chi connectivity index (χ1) is 10.1. The van der Waals surface area contributed by atoms with Crippen molar-refractivity contribution in [2.24, 2.45) is 5.92 Å². The van der Waals surface area contributed by atoms with Crippen LogP contribution in [0.4, 0.5) is 0 Å². The summed E-state index contributed by atoms with van der Waals surface area (Å²) < 4.78 is 1.60. The van der Waals surface area contributed by atoms with E-state index in [1.165, 1.54) is 11.8 Å². The Kier molecular flexibility index (Phi) is 5.58. The van der Waals surface area contributed by atoms with Gasteiger partial charge in [-0.15, -0.1) is 5.10 Å². The third-order valence-electron chi connectivity index (χ3n) is 2.95. The molecule has 0 aromatic carbocycles. The number of pyridine rings is 1. The molecule has 0 saturated heterocycles. The van der Waals surface area contributed by atoms with E-state index in [-0.39, 0.29) is 5.69 Å². The van der Waals surface area contributed by atoms with Gasteiger partial charge in [-0.2, -0.15) is 0 Å². The third-order valence-corrected chi connectivity index (χ3v) is 4.00. The monoisotopic (exact) mass is 307 g/mol. The predicted octanol–water partition coefficient (Wildman–Crippen LogP) is 1.88. The minimum atomic E-state index is -0.185. The van der Waals surface area contributed by atoms with Gasteiger partial charge in [0.2, 0.25) is 0 Å². The summed E-state index contributed by atoms with van der Waals surface area (Å²) in [5.74, 6) is 0.606. The molecular formula is C14H21N5OS. The van der Waals surface area contributed by atoms with Crippen molar-refractivity contribution in [3.8, 4) is 0 Å². The summed E-state index contributed by atoms with van der Waals surface area (Å²) in [7, 11) is 0. The normalized spacial score (nSPS) is 11.2. The second-order valence-corrected chi connectivity index (χ2v) is 6.11. The summed E-state index contributed by atoms with van der Waals surface area (Å²) in [6.45, 7) is 8.58. The lowest BCUT2D eigenvalue weighted by Gasteiger charge is -2.10. The topological polar surface area (TPSA) is 75.6 Å². The number of H-pyrrole nitrogens is 1. The molecule has 2 rings (SSSR count). The number of hydrogen-bond donors (Lipinski definition) is 2. The fraction of sp³-hybridized carbons (Fsp3) is 0.500. The molecule has 0 aliphatic heterocycles. The molecule has 6 nitrogen and oxygen atoms in total. The third kappa shape index (κ3) is 4.18. The summed E-state index contributed by atoms with van der Waals surface area (Å²) in [5, 5.41) is 11.5. The number of hydrogen-bond acceptors (Lipinski definition) is 5. The van der Waals surface area contributed by atoms with Crippen LogP contribution < -0.4 is 11.0 Å². The molecule has 0 spiro atoms. The number of aromatic nitrogens is 4. The Labute approximate surface area is 128 Å². The van der Waals surface area contributed by atoms with Crippen molar-refractivity contribution in [2.75, 3.05) is 6.54 Å². The fourth-order valence-corrected chi connectivity index (χ4v) is 2.86. The smallest absolute Gasteiger partial charge is 0.312 e. The van der Waals surface area contributed by atoms with Crippen LogP contribution in [0.1, 0.15) is 26.3 Å². The van der Waals surface area contributed by atoms with Gasteiger partial charge in [-0.1, -0.05) is 19.9 Å². The lowest BCUT2D eigenvalue weighted by Crippen LogP contribution is -2.19. The molecule has 0 saturated carbocycles. The summed E-state index contributed by atoms with van der Waals surface area (Å²) in [6, 6.07) is 3.97. The van der Waals surface area contributed by atoms with Crippen molar-refractivity contribution in [1.29, 1.82) is 0 Å². The molecule has 114 valence electrons. The van der Waals surface area contributed by atoms with Crippen LogP contribution in [-0.2, 0) is 13.1 Å². The van der Waals surface area contributed by atoms with Crippen LogP contribution >= 0.6 is 11.8 Å². The Balaban J connectivity index is 2.14. The van der Waals surface area contributed by atoms with E-state index >= 15 is 0 Å². The Morgan fingerprint density at radius 2 is 2.29 bits per heavy atom. The highest BCUT2D eigenvalue weighted by molar-refractivity contribution is 7.99. The minimum Gasteiger partial charge on any atom is -0.312 e. The van der Waals surface area contributed by atoms with Gasteiger partial charge in [0.1, 0.15) is 5.03 Å². The van der Waals surface area contributed by atoms with Crippen LogP contribution in [-0.4, -0.2) is 26.3 Å². The molecule has 0 unspecified atom stereocenters. The molecule has 0 radical (unpaired) electrons. The highest BCUT2D eigenvalue weighted by Crippen LogP contribution is 2.26. The second kappa shape index (κ2) is 7.42. The maximum Gasteiger partial charge on any atom is 0.343 e. The van der Waals surface area contributed by atoms with Crippen molar-refractivity contribution in [1.82, 2.24) is 25.1 Å². The molecule has 21 heavy (non-hydrogen) atoms. The first-order valence-electron chi connectivity index (χ1n) is 7.09. The van der Waals surface area contributed by atoms with Gasteiger partial charge in [0.25, 0.3) is 0 Å². The molecule has 7 heteroatoms. The lowest BCUT2D eigenvalue weighted by molar-refractivity contribution is 0.548. The van der Waals surface area contributed by atoms with Gasteiger partial charge in [-0.25, -0.2) is 14.9 Å². The van der Waals surface area contributed by atoms with Crippen molar-refractivity contribution < 1.29 is 0 Å². The van der Waals surface area contributed by atoms with Crippen LogP contribution in [0.5, 0.6) is 0 Å². The Hall–Kier alpha value is -1.60. The number of aromatic amines is 1. The fourth-order valence-electron chi connectivity index (χ4n) is 1.89. The van der Waals surface area contributed by atoms with Crippen LogP contribution in [0.2, 0.25) is 0 Å². The molecule has 2 aromatic rings. The van der Waals surface area contributed by atoms with E-state index in [4.69, 9.17) is 0 Å². The zero-order valence-electron chi connectivity index (χ0n) is 12.6. The van der Waals surface area contributed by atoms with Crippen molar-refractivity contribution in [2.45, 2.75) is 44.0 Å². The van der Waals surface area contributed by atoms with Crippen molar-refractivity contribution >= 4 is 11.8 Å². The molecule has 0 aliphatic rings. The van der Waals surface area contributed by atoms with E-state index in [9.17, 15) is 4.79 Å². The SMILES string of the molecule is CCn1c(Sc2ncccc2CNCC(C)C)n[nH]c1=O. The van der Waals surface area contributed by atoms with Crippen LogP contribution in [0, 0.1) is 5.92 Å². The summed E-state index contributed by atoms with van der Waals surface area (Å²) in [5.41, 5.74) is 0.927. The molecule has 0 fully saturated rings. The van der Waals surface area contributed by atoms with E-state index in [0.29, 0.717) is 17.6 Å². The van der Waals surface area contributed by atoms with Gasteiger partial charge in [0, 0.05) is 19.3 Å². The van der Waals surface area contributed by atoms with Gasteiger partial charge >= 0.3 is 5.69 Å². The highest BCUT2D eigenvalue weighted by atomic mass is 32.2. The number of nitrogens with zero attached hydrogens (tertiary/aromatic N) is 3. The molecule has 0 aliphatic carbocycles. The Morgan fingerprint density at radius 1 is 1.48 bits per heavy atom. The lowest BCUT2D eigenvalue weighted by atomic mass is 10.2. The second-order valence-electron chi connectivity index (χ2n) is 5.15.